The van der Waals surface area contributed by atoms with Crippen LogP contribution >= 0.6 is 31.9 Å². The van der Waals surface area contributed by atoms with Crippen LogP contribution in [0.1, 0.15) is 41.4 Å². The van der Waals surface area contributed by atoms with Gasteiger partial charge in [-0.1, -0.05) is 68.3 Å². The molecule has 0 radical (unpaired) electrons. The largest absolute Gasteiger partial charge is 0.478 e. The highest BCUT2D eigenvalue weighted by Crippen LogP contribution is 2.11. The van der Waals surface area contributed by atoms with Gasteiger partial charge in [0, 0.05) is 11.1 Å². The molecule has 0 unspecified atom stereocenters. The number of benzene rings is 2. The molecule has 2 N–H and O–H groups in total. The van der Waals surface area contributed by atoms with Gasteiger partial charge in [-0.2, -0.15) is 0 Å². The molecular formula is C18H14Br2O6. The van der Waals surface area contributed by atoms with Crippen molar-refractivity contribution in [3.05, 3.63) is 70.8 Å². The highest BCUT2D eigenvalue weighted by Gasteiger charge is 2.14. The van der Waals surface area contributed by atoms with Crippen LogP contribution in [0, 0.1) is 0 Å². The standard InChI is InChI=1S/2C9H7BrO3/c2*10-5-8(11)6-3-1-2-4-7(6)9(12)13/h2*1-4H,5H2,(H,12,13). The number of carbonyl (C=O) groups is 4. The van der Waals surface area contributed by atoms with Gasteiger partial charge in [0.25, 0.3) is 0 Å². The molecule has 2 rings (SSSR count). The van der Waals surface area contributed by atoms with E-state index < -0.39 is 11.9 Å². The lowest BCUT2D eigenvalue weighted by Crippen LogP contribution is -2.08. The number of ketones is 2. The van der Waals surface area contributed by atoms with E-state index in [1.807, 2.05) is 0 Å². The van der Waals surface area contributed by atoms with Crippen LogP contribution in [0.15, 0.2) is 48.5 Å². The molecule has 0 atom stereocenters. The number of aromatic carboxylic acids is 2. The van der Waals surface area contributed by atoms with E-state index in [0.29, 0.717) is 0 Å². The average Bonchev–Trinajstić information content (AvgIpc) is 2.67. The predicted octanol–water partition coefficient (Wildman–Crippen LogP) is 3.92. The molecule has 0 spiro atoms. The van der Waals surface area contributed by atoms with Gasteiger partial charge in [-0.25, -0.2) is 9.59 Å². The fourth-order valence-electron chi connectivity index (χ4n) is 1.97. The van der Waals surface area contributed by atoms with E-state index in [1.54, 1.807) is 24.3 Å². The molecule has 0 saturated carbocycles. The summed E-state index contributed by atoms with van der Waals surface area (Å²) >= 11 is 5.98. The van der Waals surface area contributed by atoms with Crippen molar-refractivity contribution in [1.29, 1.82) is 0 Å². The third-order valence-corrected chi connectivity index (χ3v) is 4.18. The van der Waals surface area contributed by atoms with Gasteiger partial charge in [0.1, 0.15) is 0 Å². The minimum atomic E-state index is -1.08. The summed E-state index contributed by atoms with van der Waals surface area (Å²) in [6, 6.07) is 12.3. The second kappa shape index (κ2) is 10.6. The Kier molecular flexibility index (Phi) is 8.87. The number of alkyl halides is 2. The summed E-state index contributed by atoms with van der Waals surface area (Å²) in [6.45, 7) is 0. The quantitative estimate of drug-likeness (QED) is 0.474. The summed E-state index contributed by atoms with van der Waals surface area (Å²) < 4.78 is 0. The van der Waals surface area contributed by atoms with E-state index in [-0.39, 0.29) is 44.5 Å². The van der Waals surface area contributed by atoms with Crippen molar-refractivity contribution in [2.75, 3.05) is 10.7 Å². The fraction of sp³-hybridized carbons (Fsp3) is 0.111. The maximum Gasteiger partial charge on any atom is 0.336 e. The van der Waals surface area contributed by atoms with Crippen LogP contribution in [-0.2, 0) is 0 Å². The van der Waals surface area contributed by atoms with Crippen molar-refractivity contribution in [1.82, 2.24) is 0 Å². The van der Waals surface area contributed by atoms with E-state index in [1.165, 1.54) is 24.3 Å². The summed E-state index contributed by atoms with van der Waals surface area (Å²) in [5, 5.41) is 17.8. The van der Waals surface area contributed by atoms with Crippen molar-refractivity contribution < 1.29 is 29.4 Å². The molecule has 2 aromatic carbocycles. The van der Waals surface area contributed by atoms with Crippen molar-refractivity contribution in [3.8, 4) is 0 Å². The minimum absolute atomic E-state index is 0.0481. The lowest BCUT2D eigenvalue weighted by Gasteiger charge is -2.01. The van der Waals surface area contributed by atoms with Gasteiger partial charge in [0.15, 0.2) is 11.6 Å². The number of carboxylic acids is 2. The van der Waals surface area contributed by atoms with Crippen LogP contribution < -0.4 is 0 Å². The Morgan fingerprint density at radius 1 is 0.615 bits per heavy atom. The number of carboxylic acid groups (broad SMARTS) is 2. The molecule has 8 heteroatoms. The summed E-state index contributed by atoms with van der Waals surface area (Å²) in [5.41, 5.74) is 0.581. The van der Waals surface area contributed by atoms with E-state index >= 15 is 0 Å². The second-order valence-corrected chi connectivity index (χ2v) is 5.94. The number of Topliss-reactive ketones (excluding diaryl/α,β-unsaturated/α-hetero) is 2. The number of carbonyl (C=O) groups excluding carboxylic acids is 2. The Morgan fingerprint density at radius 3 is 1.12 bits per heavy atom. The molecule has 26 heavy (non-hydrogen) atoms. The van der Waals surface area contributed by atoms with Crippen LogP contribution in [0.4, 0.5) is 0 Å². The zero-order valence-corrected chi connectivity index (χ0v) is 16.5. The highest BCUT2D eigenvalue weighted by molar-refractivity contribution is 9.09. The molecule has 136 valence electrons. The molecule has 0 heterocycles. The molecule has 2 aromatic rings. The van der Waals surface area contributed by atoms with Gasteiger partial charge in [0.05, 0.1) is 21.8 Å². The van der Waals surface area contributed by atoms with Gasteiger partial charge in [-0.15, -0.1) is 0 Å². The van der Waals surface area contributed by atoms with E-state index in [4.69, 9.17) is 10.2 Å². The van der Waals surface area contributed by atoms with E-state index in [9.17, 15) is 19.2 Å². The van der Waals surface area contributed by atoms with Gasteiger partial charge in [-0.3, -0.25) is 9.59 Å². The lowest BCUT2D eigenvalue weighted by atomic mass is 10.1. The van der Waals surface area contributed by atoms with Gasteiger partial charge < -0.3 is 10.2 Å². The SMILES string of the molecule is O=C(O)c1ccccc1C(=O)CBr.O=C(O)c1ccccc1C(=O)CBr. The number of rotatable bonds is 6. The maximum absolute atomic E-state index is 11.2. The number of hydrogen-bond donors (Lipinski definition) is 2. The van der Waals surface area contributed by atoms with Crippen LogP contribution in [0.3, 0.4) is 0 Å². The molecule has 0 aliphatic heterocycles. The van der Waals surface area contributed by atoms with Crippen molar-refractivity contribution >= 4 is 55.4 Å². The molecule has 0 aliphatic carbocycles. The first kappa shape index (κ1) is 21.7. The maximum atomic E-state index is 11.2. The van der Waals surface area contributed by atoms with Crippen molar-refractivity contribution in [2.24, 2.45) is 0 Å². The van der Waals surface area contributed by atoms with Crippen molar-refractivity contribution in [3.63, 3.8) is 0 Å². The van der Waals surface area contributed by atoms with Crippen LogP contribution in [0.5, 0.6) is 0 Å². The van der Waals surface area contributed by atoms with Gasteiger partial charge >= 0.3 is 11.9 Å². The first-order valence-corrected chi connectivity index (χ1v) is 9.40. The first-order chi connectivity index (χ1) is 12.3. The van der Waals surface area contributed by atoms with Gasteiger partial charge in [0.2, 0.25) is 0 Å². The summed E-state index contributed by atoms with van der Waals surface area (Å²) in [7, 11) is 0. The lowest BCUT2D eigenvalue weighted by molar-refractivity contribution is 0.0683. The Bertz CT molecular complexity index is 762. The van der Waals surface area contributed by atoms with Crippen LogP contribution in [0.25, 0.3) is 0 Å². The summed E-state index contributed by atoms with van der Waals surface area (Å²) in [4.78, 5) is 43.8. The molecule has 0 bridgehead atoms. The second-order valence-electron chi connectivity index (χ2n) is 4.82. The first-order valence-electron chi connectivity index (χ1n) is 7.16. The Morgan fingerprint density at radius 2 is 0.885 bits per heavy atom. The molecular weight excluding hydrogens is 472 g/mol. The molecule has 0 aromatic heterocycles. The Labute approximate surface area is 166 Å². The third kappa shape index (κ3) is 5.89. The smallest absolute Gasteiger partial charge is 0.336 e. The molecule has 0 fully saturated rings. The Balaban J connectivity index is 0.000000260. The van der Waals surface area contributed by atoms with Crippen LogP contribution in [-0.4, -0.2) is 44.4 Å². The molecule has 0 aliphatic rings. The van der Waals surface area contributed by atoms with Crippen molar-refractivity contribution in [2.45, 2.75) is 0 Å². The highest BCUT2D eigenvalue weighted by atomic mass is 79.9. The average molecular weight is 486 g/mol. The van der Waals surface area contributed by atoms with E-state index in [0.717, 1.165) is 0 Å². The van der Waals surface area contributed by atoms with Gasteiger partial charge in [-0.05, 0) is 12.1 Å². The zero-order chi connectivity index (χ0) is 19.7. The number of hydrogen-bond acceptors (Lipinski definition) is 4. The molecule has 6 nitrogen and oxygen atoms in total. The van der Waals surface area contributed by atoms with E-state index in [2.05, 4.69) is 31.9 Å². The predicted molar refractivity (Wildman–Crippen MR) is 103 cm³/mol. The molecule has 0 amide bonds. The summed E-state index contributed by atoms with van der Waals surface area (Å²) in [5.74, 6) is -2.61. The summed E-state index contributed by atoms with van der Waals surface area (Å²) in [6.07, 6.45) is 0. The minimum Gasteiger partial charge on any atom is -0.478 e. The van der Waals surface area contributed by atoms with Crippen LogP contribution in [0.2, 0.25) is 0 Å². The third-order valence-electron chi connectivity index (χ3n) is 3.16. The normalized spacial score (nSPS) is 9.62. The fourth-order valence-corrected chi connectivity index (χ4v) is 2.57. The number of halogens is 2. The Hall–Kier alpha value is -2.32. The monoisotopic (exact) mass is 484 g/mol. The topological polar surface area (TPSA) is 109 Å². The zero-order valence-electron chi connectivity index (χ0n) is 13.3. The molecule has 0 saturated heterocycles.